The van der Waals surface area contributed by atoms with Crippen molar-refractivity contribution < 1.29 is 9.53 Å². The van der Waals surface area contributed by atoms with Crippen molar-refractivity contribution in [3.05, 3.63) is 28.2 Å². The molecule has 0 spiro atoms. The van der Waals surface area contributed by atoms with Crippen molar-refractivity contribution in [2.24, 2.45) is 0 Å². The Bertz CT molecular complexity index is 520. The van der Waals surface area contributed by atoms with E-state index < -0.39 is 0 Å². The number of hydrogen-bond acceptors (Lipinski definition) is 3. The number of hydrogen-bond donors (Lipinski definition) is 0. The second-order valence-corrected chi connectivity index (χ2v) is 6.87. The van der Waals surface area contributed by atoms with E-state index in [0.29, 0.717) is 12.3 Å². The number of halogens is 1. The van der Waals surface area contributed by atoms with E-state index in [9.17, 15) is 4.79 Å². The van der Waals surface area contributed by atoms with Crippen LogP contribution in [0.2, 0.25) is 0 Å². The standard InChI is InChI=1S/C18H26BrNO2/c1-4-20(5-2)13-17(21)18(10-6-7-11-18)15-12-14(22-3)8-9-16(15)19/h8-9,12H,4-7,10-11,13H2,1-3H3. The highest BCUT2D eigenvalue weighted by molar-refractivity contribution is 9.10. The Morgan fingerprint density at radius 3 is 2.45 bits per heavy atom. The number of likely N-dealkylation sites (N-methyl/N-ethyl adjacent to an activating group) is 1. The fourth-order valence-electron chi connectivity index (χ4n) is 3.48. The molecule has 1 aromatic carbocycles. The minimum absolute atomic E-state index is 0.350. The summed E-state index contributed by atoms with van der Waals surface area (Å²) in [6.45, 7) is 6.59. The van der Waals surface area contributed by atoms with Crippen LogP contribution in [0.3, 0.4) is 0 Å². The highest BCUT2D eigenvalue weighted by Gasteiger charge is 2.43. The third-order valence-electron chi connectivity index (χ3n) is 4.94. The molecule has 2 rings (SSSR count). The topological polar surface area (TPSA) is 29.5 Å². The van der Waals surface area contributed by atoms with Crippen LogP contribution >= 0.6 is 15.9 Å². The van der Waals surface area contributed by atoms with Gasteiger partial charge in [-0.05, 0) is 49.7 Å². The van der Waals surface area contributed by atoms with Gasteiger partial charge in [-0.25, -0.2) is 0 Å². The zero-order chi connectivity index (χ0) is 16.2. The van der Waals surface area contributed by atoms with Gasteiger partial charge in [-0.1, -0.05) is 42.6 Å². The van der Waals surface area contributed by atoms with Crippen LogP contribution in [-0.4, -0.2) is 37.4 Å². The van der Waals surface area contributed by atoms with Gasteiger partial charge in [0.2, 0.25) is 0 Å². The van der Waals surface area contributed by atoms with Crippen molar-refractivity contribution in [3.63, 3.8) is 0 Å². The van der Waals surface area contributed by atoms with Gasteiger partial charge in [0.15, 0.2) is 5.78 Å². The molecule has 0 atom stereocenters. The van der Waals surface area contributed by atoms with Gasteiger partial charge >= 0.3 is 0 Å². The van der Waals surface area contributed by atoms with E-state index in [4.69, 9.17) is 4.74 Å². The maximum absolute atomic E-state index is 13.1. The van der Waals surface area contributed by atoms with Crippen LogP contribution in [-0.2, 0) is 10.2 Å². The molecule has 1 aliphatic carbocycles. The lowest BCUT2D eigenvalue weighted by Gasteiger charge is -2.32. The lowest BCUT2D eigenvalue weighted by molar-refractivity contribution is -0.125. The van der Waals surface area contributed by atoms with Gasteiger partial charge in [-0.2, -0.15) is 0 Å². The van der Waals surface area contributed by atoms with Gasteiger partial charge in [-0.15, -0.1) is 0 Å². The molecular formula is C18H26BrNO2. The monoisotopic (exact) mass is 367 g/mol. The van der Waals surface area contributed by atoms with Crippen LogP contribution in [0.5, 0.6) is 5.75 Å². The van der Waals surface area contributed by atoms with E-state index in [1.54, 1.807) is 7.11 Å². The smallest absolute Gasteiger partial charge is 0.157 e. The second kappa shape index (κ2) is 7.60. The molecule has 0 N–H and O–H groups in total. The molecule has 1 saturated carbocycles. The maximum Gasteiger partial charge on any atom is 0.157 e. The molecule has 22 heavy (non-hydrogen) atoms. The summed E-state index contributed by atoms with van der Waals surface area (Å²) >= 11 is 3.65. The Kier molecular flexibility index (Phi) is 6.04. The highest BCUT2D eigenvalue weighted by Crippen LogP contribution is 2.45. The third-order valence-corrected chi connectivity index (χ3v) is 5.63. The molecule has 122 valence electrons. The molecule has 1 fully saturated rings. The maximum atomic E-state index is 13.1. The Labute approximate surface area is 142 Å². The first kappa shape index (κ1) is 17.5. The quantitative estimate of drug-likeness (QED) is 0.723. The van der Waals surface area contributed by atoms with Crippen molar-refractivity contribution in [1.82, 2.24) is 4.90 Å². The van der Waals surface area contributed by atoms with Crippen LogP contribution in [0.1, 0.15) is 45.1 Å². The van der Waals surface area contributed by atoms with E-state index in [2.05, 4.69) is 34.7 Å². The molecule has 0 aliphatic heterocycles. The third kappa shape index (κ3) is 3.38. The molecule has 0 saturated heterocycles. The van der Waals surface area contributed by atoms with Crippen molar-refractivity contribution in [2.75, 3.05) is 26.7 Å². The molecular weight excluding hydrogens is 342 g/mol. The van der Waals surface area contributed by atoms with Crippen LogP contribution in [0.15, 0.2) is 22.7 Å². The van der Waals surface area contributed by atoms with Gasteiger partial charge in [0.05, 0.1) is 19.1 Å². The molecule has 3 nitrogen and oxygen atoms in total. The number of carbonyl (C=O) groups excluding carboxylic acids is 1. The molecule has 4 heteroatoms. The number of ketones is 1. The average Bonchev–Trinajstić information content (AvgIpc) is 3.03. The lowest BCUT2D eigenvalue weighted by atomic mass is 9.75. The van der Waals surface area contributed by atoms with Crippen molar-refractivity contribution in [3.8, 4) is 5.75 Å². The number of carbonyl (C=O) groups is 1. The fraction of sp³-hybridized carbons (Fsp3) is 0.611. The summed E-state index contributed by atoms with van der Waals surface area (Å²) in [4.78, 5) is 15.3. The zero-order valence-electron chi connectivity index (χ0n) is 13.8. The Morgan fingerprint density at radius 1 is 1.27 bits per heavy atom. The molecule has 0 aromatic heterocycles. The summed E-state index contributed by atoms with van der Waals surface area (Å²) in [6.07, 6.45) is 4.12. The number of benzene rings is 1. The van der Waals surface area contributed by atoms with Crippen LogP contribution in [0, 0.1) is 0 Å². The number of Topliss-reactive ketones (excluding diaryl/α,β-unsaturated/α-hetero) is 1. The predicted molar refractivity (Wildman–Crippen MR) is 93.6 cm³/mol. The molecule has 0 unspecified atom stereocenters. The number of ether oxygens (including phenoxy) is 1. The summed E-state index contributed by atoms with van der Waals surface area (Å²) in [6, 6.07) is 5.97. The van der Waals surface area contributed by atoms with Crippen LogP contribution in [0.4, 0.5) is 0 Å². The summed E-state index contributed by atoms with van der Waals surface area (Å²) in [5.41, 5.74) is 0.747. The highest BCUT2D eigenvalue weighted by atomic mass is 79.9. The van der Waals surface area contributed by atoms with Gasteiger partial charge in [-0.3, -0.25) is 9.69 Å². The molecule has 0 radical (unpaired) electrons. The minimum Gasteiger partial charge on any atom is -0.497 e. The van der Waals surface area contributed by atoms with Gasteiger partial charge < -0.3 is 4.74 Å². The molecule has 1 aromatic rings. The first-order valence-corrected chi connectivity index (χ1v) is 8.96. The van der Waals surface area contributed by atoms with Crippen molar-refractivity contribution >= 4 is 21.7 Å². The average molecular weight is 368 g/mol. The van der Waals surface area contributed by atoms with Crippen LogP contribution in [0.25, 0.3) is 0 Å². The molecule has 1 aliphatic rings. The summed E-state index contributed by atoms with van der Waals surface area (Å²) in [7, 11) is 1.67. The number of nitrogens with zero attached hydrogens (tertiary/aromatic N) is 1. The molecule has 0 amide bonds. The molecule has 0 bridgehead atoms. The van der Waals surface area contributed by atoms with Crippen molar-refractivity contribution in [1.29, 1.82) is 0 Å². The lowest BCUT2D eigenvalue weighted by Crippen LogP contribution is -2.41. The first-order chi connectivity index (χ1) is 10.6. The number of rotatable bonds is 7. The number of methoxy groups -OCH3 is 1. The Balaban J connectivity index is 2.38. The normalized spacial score (nSPS) is 17.0. The zero-order valence-corrected chi connectivity index (χ0v) is 15.4. The summed E-state index contributed by atoms with van der Waals surface area (Å²) in [5, 5.41) is 0. The van der Waals surface area contributed by atoms with E-state index in [1.165, 1.54) is 0 Å². The SMILES string of the molecule is CCN(CC)CC(=O)C1(c2cc(OC)ccc2Br)CCCC1. The fourth-order valence-corrected chi connectivity index (χ4v) is 4.10. The van der Waals surface area contributed by atoms with Gasteiger partial charge in [0.25, 0.3) is 0 Å². The van der Waals surface area contributed by atoms with E-state index in [1.807, 2.05) is 18.2 Å². The Hall–Kier alpha value is -0.870. The van der Waals surface area contributed by atoms with E-state index in [0.717, 1.165) is 54.6 Å². The van der Waals surface area contributed by atoms with Crippen LogP contribution < -0.4 is 4.74 Å². The van der Waals surface area contributed by atoms with Gasteiger partial charge in [0, 0.05) is 4.47 Å². The molecule has 0 heterocycles. The summed E-state index contributed by atoms with van der Waals surface area (Å²) < 4.78 is 6.39. The largest absolute Gasteiger partial charge is 0.497 e. The predicted octanol–water partition coefficient (Wildman–Crippen LogP) is 4.18. The van der Waals surface area contributed by atoms with E-state index in [-0.39, 0.29) is 5.41 Å². The van der Waals surface area contributed by atoms with Crippen molar-refractivity contribution in [2.45, 2.75) is 44.9 Å². The Morgan fingerprint density at radius 2 is 1.91 bits per heavy atom. The minimum atomic E-state index is -0.351. The summed E-state index contributed by atoms with van der Waals surface area (Å²) in [5.74, 6) is 1.17. The van der Waals surface area contributed by atoms with Gasteiger partial charge in [0.1, 0.15) is 5.75 Å². The first-order valence-electron chi connectivity index (χ1n) is 8.17. The van der Waals surface area contributed by atoms with E-state index >= 15 is 0 Å². The second-order valence-electron chi connectivity index (χ2n) is 6.02.